The van der Waals surface area contributed by atoms with Crippen LogP contribution in [-0.2, 0) is 32.1 Å². The number of benzene rings is 2. The first-order chi connectivity index (χ1) is 17.7. The number of alkyl carbamates (subject to hydrolysis) is 1. The molecule has 208 valence electrons. The minimum atomic E-state index is -4.78. The summed E-state index contributed by atoms with van der Waals surface area (Å²) in [5.41, 5.74) is 0.533. The summed E-state index contributed by atoms with van der Waals surface area (Å²) in [6.45, 7) is 5.13. The highest BCUT2D eigenvalue weighted by molar-refractivity contribution is 5.86. The zero-order valence-electron chi connectivity index (χ0n) is 21.8. The van der Waals surface area contributed by atoms with Gasteiger partial charge in [-0.15, -0.1) is 0 Å². The monoisotopic (exact) mass is 537 g/mol. The molecule has 0 fully saturated rings. The van der Waals surface area contributed by atoms with E-state index in [1.165, 1.54) is 6.92 Å². The van der Waals surface area contributed by atoms with E-state index in [1.54, 1.807) is 81.4 Å². The van der Waals surface area contributed by atoms with Crippen molar-refractivity contribution in [2.75, 3.05) is 6.54 Å². The zero-order chi connectivity index (χ0) is 28.3. The van der Waals surface area contributed by atoms with Crippen LogP contribution in [-0.4, -0.2) is 54.4 Å². The summed E-state index contributed by atoms with van der Waals surface area (Å²) >= 11 is 0. The second-order valence-corrected chi connectivity index (χ2v) is 9.71. The van der Waals surface area contributed by atoms with E-state index >= 15 is 0 Å². The molecular weight excluding hydrogens is 503 g/mol. The number of ether oxygens (including phenoxy) is 2. The summed E-state index contributed by atoms with van der Waals surface area (Å²) in [5.74, 6) is -1.70. The fraction of sp³-hybridized carbons (Fsp3) is 0.444. The Morgan fingerprint density at radius 3 is 1.97 bits per heavy atom. The molecule has 2 rings (SSSR count). The summed E-state index contributed by atoms with van der Waals surface area (Å²) in [5, 5.41) is 6.85. The molecule has 0 unspecified atom stereocenters. The third kappa shape index (κ3) is 11.2. The Balaban J connectivity index is 2.06. The second kappa shape index (κ2) is 13.8. The van der Waals surface area contributed by atoms with Gasteiger partial charge in [0, 0.05) is 13.0 Å². The van der Waals surface area contributed by atoms with Crippen LogP contribution in [0.1, 0.15) is 38.8 Å². The van der Waals surface area contributed by atoms with E-state index < -0.39 is 54.4 Å². The number of hydrogen-bond acceptors (Lipinski definition) is 6. The van der Waals surface area contributed by atoms with Crippen LogP contribution in [0.15, 0.2) is 60.7 Å². The molecule has 0 bridgehead atoms. The highest BCUT2D eigenvalue weighted by Gasteiger charge is 2.42. The number of rotatable bonds is 11. The molecule has 0 saturated carbocycles. The third-order valence-electron chi connectivity index (χ3n) is 5.19. The number of esters is 1. The summed E-state index contributed by atoms with van der Waals surface area (Å²) in [6.07, 6.45) is -5.65. The lowest BCUT2D eigenvalue weighted by molar-refractivity contribution is -0.166. The van der Waals surface area contributed by atoms with Gasteiger partial charge in [-0.2, -0.15) is 13.2 Å². The Labute approximate surface area is 220 Å². The first kappa shape index (κ1) is 30.6. The summed E-state index contributed by atoms with van der Waals surface area (Å²) in [6, 6.07) is 12.8. The number of amides is 2. The van der Waals surface area contributed by atoms with Crippen molar-refractivity contribution in [3.63, 3.8) is 0 Å². The number of alkyl halides is 3. The van der Waals surface area contributed by atoms with Crippen LogP contribution in [0.25, 0.3) is 0 Å². The van der Waals surface area contributed by atoms with Gasteiger partial charge in [0.15, 0.2) is 0 Å². The molecule has 0 spiro atoms. The number of nitrogens with one attached hydrogen (secondary N) is 3. The number of halogens is 3. The summed E-state index contributed by atoms with van der Waals surface area (Å²) in [4.78, 5) is 37.5. The molecule has 0 aliphatic carbocycles. The first-order valence-electron chi connectivity index (χ1n) is 12.1. The van der Waals surface area contributed by atoms with Crippen LogP contribution in [0.2, 0.25) is 0 Å². The van der Waals surface area contributed by atoms with Crippen molar-refractivity contribution in [3.8, 4) is 0 Å². The van der Waals surface area contributed by atoms with Crippen LogP contribution in [0, 0.1) is 0 Å². The minimum Gasteiger partial charge on any atom is -0.459 e. The summed E-state index contributed by atoms with van der Waals surface area (Å²) < 4.78 is 51.4. The quantitative estimate of drug-likeness (QED) is 0.376. The lowest BCUT2D eigenvalue weighted by Gasteiger charge is -2.28. The minimum absolute atomic E-state index is 0.0194. The highest BCUT2D eigenvalue weighted by atomic mass is 19.4. The molecule has 3 N–H and O–H groups in total. The Hall–Kier alpha value is -3.60. The van der Waals surface area contributed by atoms with Gasteiger partial charge in [0.05, 0.1) is 0 Å². The molecule has 3 atom stereocenters. The average molecular weight is 538 g/mol. The van der Waals surface area contributed by atoms with Crippen LogP contribution in [0.5, 0.6) is 0 Å². The molecule has 11 heteroatoms. The molecule has 0 aliphatic rings. The van der Waals surface area contributed by atoms with Gasteiger partial charge in [0.1, 0.15) is 30.3 Å². The Bertz CT molecular complexity index is 1040. The average Bonchev–Trinajstić information content (AvgIpc) is 2.84. The summed E-state index contributed by atoms with van der Waals surface area (Å²) in [7, 11) is 0. The number of carbonyl (C=O) groups is 3. The molecule has 2 aromatic carbocycles. The van der Waals surface area contributed by atoms with Gasteiger partial charge in [-0.1, -0.05) is 60.7 Å². The van der Waals surface area contributed by atoms with Crippen molar-refractivity contribution in [3.05, 3.63) is 71.8 Å². The standard InChI is InChI=1S/C27H34F3N3O5/c1-18(24(35)38-26(2,3)4)32-22(27(28,29)30)16-31-23(34)21(15-19-11-7-5-8-12-19)33-25(36)37-17-20-13-9-6-10-14-20/h5-14,18,21-22,32H,15-17H2,1-4H3,(H,31,34)(H,33,36)/t18-,21-,22-/m0/s1. The SMILES string of the molecule is C[C@H](N[C@@H](CNC(=O)[C@H](Cc1ccccc1)NC(=O)OCc1ccccc1)C(F)(F)F)C(=O)OC(C)(C)C. The van der Waals surface area contributed by atoms with Crippen molar-refractivity contribution in [2.45, 2.75) is 70.6 Å². The maximum atomic E-state index is 13.7. The van der Waals surface area contributed by atoms with Gasteiger partial charge in [-0.25, -0.2) is 4.79 Å². The zero-order valence-corrected chi connectivity index (χ0v) is 21.8. The number of carbonyl (C=O) groups excluding carboxylic acids is 3. The largest absolute Gasteiger partial charge is 0.459 e. The van der Waals surface area contributed by atoms with E-state index in [0.29, 0.717) is 5.56 Å². The van der Waals surface area contributed by atoms with E-state index in [2.05, 4.69) is 16.0 Å². The van der Waals surface area contributed by atoms with E-state index in [0.717, 1.165) is 5.56 Å². The van der Waals surface area contributed by atoms with Crippen LogP contribution < -0.4 is 16.0 Å². The van der Waals surface area contributed by atoms with Crippen molar-refractivity contribution >= 4 is 18.0 Å². The maximum Gasteiger partial charge on any atom is 0.408 e. The van der Waals surface area contributed by atoms with Gasteiger partial charge in [0.25, 0.3) is 0 Å². The van der Waals surface area contributed by atoms with Crippen molar-refractivity contribution in [2.24, 2.45) is 0 Å². The molecular formula is C27H34F3N3O5. The second-order valence-electron chi connectivity index (χ2n) is 9.71. The molecule has 0 radical (unpaired) electrons. The maximum absolute atomic E-state index is 13.7. The molecule has 0 aliphatic heterocycles. The van der Waals surface area contributed by atoms with Gasteiger partial charge in [0.2, 0.25) is 5.91 Å². The number of hydrogen-bond donors (Lipinski definition) is 3. The molecule has 2 aromatic rings. The van der Waals surface area contributed by atoms with Crippen LogP contribution >= 0.6 is 0 Å². The third-order valence-corrected chi connectivity index (χ3v) is 5.19. The van der Waals surface area contributed by atoms with E-state index in [-0.39, 0.29) is 13.0 Å². The normalized spacial score (nSPS) is 14.1. The molecule has 2 amide bonds. The fourth-order valence-electron chi connectivity index (χ4n) is 3.32. The van der Waals surface area contributed by atoms with Crippen LogP contribution in [0.3, 0.4) is 0 Å². The van der Waals surface area contributed by atoms with Crippen molar-refractivity contribution in [1.82, 2.24) is 16.0 Å². The predicted octanol–water partition coefficient (Wildman–Crippen LogP) is 3.89. The highest BCUT2D eigenvalue weighted by Crippen LogP contribution is 2.21. The van der Waals surface area contributed by atoms with Crippen LogP contribution in [0.4, 0.5) is 18.0 Å². The van der Waals surface area contributed by atoms with E-state index in [1.807, 2.05) is 0 Å². The van der Waals surface area contributed by atoms with Gasteiger partial charge < -0.3 is 20.1 Å². The van der Waals surface area contributed by atoms with E-state index in [4.69, 9.17) is 9.47 Å². The first-order valence-corrected chi connectivity index (χ1v) is 12.1. The van der Waals surface area contributed by atoms with Gasteiger partial charge >= 0.3 is 18.2 Å². The molecule has 38 heavy (non-hydrogen) atoms. The van der Waals surface area contributed by atoms with Gasteiger partial charge in [-0.05, 0) is 38.8 Å². The van der Waals surface area contributed by atoms with Crippen molar-refractivity contribution in [1.29, 1.82) is 0 Å². The lowest BCUT2D eigenvalue weighted by atomic mass is 10.1. The molecule has 8 nitrogen and oxygen atoms in total. The topological polar surface area (TPSA) is 106 Å². The molecule has 0 saturated heterocycles. The smallest absolute Gasteiger partial charge is 0.408 e. The van der Waals surface area contributed by atoms with Gasteiger partial charge in [-0.3, -0.25) is 14.9 Å². The molecule has 0 aromatic heterocycles. The Morgan fingerprint density at radius 2 is 1.45 bits per heavy atom. The Kier molecular flexibility index (Phi) is 11.1. The predicted molar refractivity (Wildman–Crippen MR) is 135 cm³/mol. The molecule has 0 heterocycles. The fourth-order valence-corrected chi connectivity index (χ4v) is 3.32. The van der Waals surface area contributed by atoms with E-state index in [9.17, 15) is 27.6 Å². The van der Waals surface area contributed by atoms with Crippen molar-refractivity contribution < 1.29 is 37.0 Å². The lowest BCUT2D eigenvalue weighted by Crippen LogP contribution is -2.57. The Morgan fingerprint density at radius 1 is 0.895 bits per heavy atom.